The van der Waals surface area contributed by atoms with E-state index in [0.29, 0.717) is 42.7 Å². The fourth-order valence-corrected chi connectivity index (χ4v) is 4.74. The van der Waals surface area contributed by atoms with E-state index in [9.17, 15) is 9.59 Å². The van der Waals surface area contributed by atoms with Crippen LogP contribution in [0.5, 0.6) is 11.5 Å². The molecule has 124 valence electrons. The summed E-state index contributed by atoms with van der Waals surface area (Å²) in [7, 11) is 1.86. The van der Waals surface area contributed by atoms with Crippen molar-refractivity contribution >= 4 is 23.2 Å². The summed E-state index contributed by atoms with van der Waals surface area (Å²) in [6.45, 7) is 2.95. The van der Waals surface area contributed by atoms with Gasteiger partial charge in [-0.1, -0.05) is 0 Å². The number of hydrogen-bond acceptors (Lipinski definition) is 5. The molecule has 3 aliphatic heterocycles. The summed E-state index contributed by atoms with van der Waals surface area (Å²) < 4.78 is 11.1. The van der Waals surface area contributed by atoms with E-state index in [1.807, 2.05) is 12.4 Å². The Morgan fingerprint density at radius 3 is 2.96 bits per heavy atom. The highest BCUT2D eigenvalue weighted by atomic mass is 32.1. The van der Waals surface area contributed by atoms with E-state index >= 15 is 0 Å². The zero-order chi connectivity index (χ0) is 16.0. The number of ether oxygens (including phenoxy) is 2. The molecular formula is C16H20N2O4S. The van der Waals surface area contributed by atoms with E-state index < -0.39 is 0 Å². The van der Waals surface area contributed by atoms with Gasteiger partial charge in [0.1, 0.15) is 18.1 Å². The first-order chi connectivity index (χ1) is 11.1. The van der Waals surface area contributed by atoms with Crippen LogP contribution in [0.2, 0.25) is 0 Å². The molecule has 4 rings (SSSR count). The molecule has 0 bridgehead atoms. The predicted octanol–water partition coefficient (Wildman–Crippen LogP) is 1.60. The van der Waals surface area contributed by atoms with E-state index in [-0.39, 0.29) is 17.2 Å². The third kappa shape index (κ3) is 2.29. The molecule has 2 fully saturated rings. The summed E-state index contributed by atoms with van der Waals surface area (Å²) in [5.74, 6) is 1.37. The van der Waals surface area contributed by atoms with Crippen molar-refractivity contribution in [3.63, 3.8) is 0 Å². The fourth-order valence-electron chi connectivity index (χ4n) is 3.85. The molecule has 1 spiro atoms. The molecular weight excluding hydrogens is 316 g/mol. The van der Waals surface area contributed by atoms with Crippen molar-refractivity contribution < 1.29 is 19.1 Å². The minimum Gasteiger partial charge on any atom is -0.485 e. The first kappa shape index (κ1) is 14.8. The summed E-state index contributed by atoms with van der Waals surface area (Å²) >= 11 is 1.36. The van der Waals surface area contributed by atoms with Crippen molar-refractivity contribution in [1.29, 1.82) is 0 Å². The Kier molecular flexibility index (Phi) is 3.48. The SMILES string of the molecule is CN1CCC[C@@]2(CCN(C(=O)c3scc4c3OCCO4)C2)C1=O. The van der Waals surface area contributed by atoms with Gasteiger partial charge < -0.3 is 19.3 Å². The summed E-state index contributed by atoms with van der Waals surface area (Å²) in [6, 6.07) is 0. The van der Waals surface area contributed by atoms with E-state index in [0.717, 1.165) is 25.8 Å². The van der Waals surface area contributed by atoms with Crippen LogP contribution >= 0.6 is 11.3 Å². The van der Waals surface area contributed by atoms with Gasteiger partial charge in [-0.25, -0.2) is 0 Å². The van der Waals surface area contributed by atoms with Crippen molar-refractivity contribution in [3.05, 3.63) is 10.3 Å². The van der Waals surface area contributed by atoms with E-state index in [2.05, 4.69) is 0 Å². The standard InChI is InChI=1S/C16H20N2O4S/c1-17-5-2-3-16(15(17)20)4-6-18(10-16)14(19)13-12-11(9-23-13)21-7-8-22-12/h9H,2-8,10H2,1H3/t16-/m0/s1. The maximum absolute atomic E-state index is 12.9. The summed E-state index contributed by atoms with van der Waals surface area (Å²) in [4.78, 5) is 29.7. The van der Waals surface area contributed by atoms with Crippen molar-refractivity contribution in [2.45, 2.75) is 19.3 Å². The molecule has 1 aromatic rings. The topological polar surface area (TPSA) is 59.1 Å². The molecule has 0 aromatic carbocycles. The summed E-state index contributed by atoms with van der Waals surface area (Å²) in [6.07, 6.45) is 2.64. The maximum Gasteiger partial charge on any atom is 0.267 e. The Labute approximate surface area is 139 Å². The van der Waals surface area contributed by atoms with Crippen molar-refractivity contribution in [1.82, 2.24) is 9.80 Å². The Morgan fingerprint density at radius 1 is 1.26 bits per heavy atom. The highest BCUT2D eigenvalue weighted by molar-refractivity contribution is 7.12. The van der Waals surface area contributed by atoms with E-state index in [1.165, 1.54) is 11.3 Å². The quantitative estimate of drug-likeness (QED) is 0.782. The van der Waals surface area contributed by atoms with Crippen LogP contribution < -0.4 is 9.47 Å². The molecule has 0 saturated carbocycles. The lowest BCUT2D eigenvalue weighted by molar-refractivity contribution is -0.143. The lowest BCUT2D eigenvalue weighted by Crippen LogP contribution is -2.48. The summed E-state index contributed by atoms with van der Waals surface area (Å²) in [5.41, 5.74) is -0.378. The highest BCUT2D eigenvalue weighted by Crippen LogP contribution is 2.43. The van der Waals surface area contributed by atoms with Gasteiger partial charge in [-0.2, -0.15) is 0 Å². The predicted molar refractivity (Wildman–Crippen MR) is 85.1 cm³/mol. The number of rotatable bonds is 1. The molecule has 23 heavy (non-hydrogen) atoms. The van der Waals surface area contributed by atoms with Crippen LogP contribution in [-0.2, 0) is 4.79 Å². The van der Waals surface area contributed by atoms with Gasteiger partial charge in [0.05, 0.1) is 5.41 Å². The number of likely N-dealkylation sites (tertiary alicyclic amines) is 2. The minimum atomic E-state index is -0.378. The van der Waals surface area contributed by atoms with Crippen molar-refractivity contribution in [2.75, 3.05) is 39.9 Å². The number of amides is 2. The molecule has 2 amide bonds. The Balaban J connectivity index is 1.55. The highest BCUT2D eigenvalue weighted by Gasteiger charge is 2.49. The van der Waals surface area contributed by atoms with Gasteiger partial charge in [-0.05, 0) is 19.3 Å². The molecule has 7 heteroatoms. The third-order valence-electron chi connectivity index (χ3n) is 5.09. The lowest BCUT2D eigenvalue weighted by atomic mass is 9.78. The number of fused-ring (bicyclic) bond motifs is 1. The van der Waals surface area contributed by atoms with Crippen LogP contribution in [0.15, 0.2) is 5.38 Å². The van der Waals surface area contributed by atoms with Crippen molar-refractivity contribution in [3.8, 4) is 11.5 Å². The smallest absolute Gasteiger partial charge is 0.267 e. The van der Waals surface area contributed by atoms with Crippen LogP contribution in [0.4, 0.5) is 0 Å². The molecule has 0 radical (unpaired) electrons. The lowest BCUT2D eigenvalue weighted by Gasteiger charge is -2.37. The van der Waals surface area contributed by atoms with Gasteiger partial charge >= 0.3 is 0 Å². The van der Waals surface area contributed by atoms with Gasteiger partial charge in [0.25, 0.3) is 5.91 Å². The van der Waals surface area contributed by atoms with Gasteiger partial charge in [-0.3, -0.25) is 9.59 Å². The first-order valence-corrected chi connectivity index (χ1v) is 8.91. The second-order valence-electron chi connectivity index (χ2n) is 6.54. The molecule has 1 atom stereocenters. The van der Waals surface area contributed by atoms with Gasteiger partial charge in [0, 0.05) is 32.1 Å². The van der Waals surface area contributed by atoms with Crippen LogP contribution in [0.3, 0.4) is 0 Å². The Hall–Kier alpha value is -1.76. The third-order valence-corrected chi connectivity index (χ3v) is 6.01. The molecule has 0 aliphatic carbocycles. The number of piperidine rings is 1. The zero-order valence-corrected chi connectivity index (χ0v) is 14.0. The maximum atomic E-state index is 12.9. The van der Waals surface area contributed by atoms with E-state index in [4.69, 9.17) is 9.47 Å². The molecule has 3 aliphatic rings. The molecule has 4 heterocycles. The summed E-state index contributed by atoms with van der Waals surface area (Å²) in [5, 5.41) is 1.83. The van der Waals surface area contributed by atoms with Crippen molar-refractivity contribution in [2.24, 2.45) is 5.41 Å². The molecule has 2 saturated heterocycles. The zero-order valence-electron chi connectivity index (χ0n) is 13.2. The van der Waals surface area contributed by atoms with Crippen LogP contribution in [0, 0.1) is 5.41 Å². The van der Waals surface area contributed by atoms with Crippen LogP contribution in [0.1, 0.15) is 28.9 Å². The Bertz CT molecular complexity index is 659. The monoisotopic (exact) mass is 336 g/mol. The number of carbonyl (C=O) groups excluding carboxylic acids is 2. The number of hydrogen-bond donors (Lipinski definition) is 0. The minimum absolute atomic E-state index is 0.0420. The molecule has 6 nitrogen and oxygen atoms in total. The average Bonchev–Trinajstić information content (AvgIpc) is 3.17. The number of carbonyl (C=O) groups is 2. The second-order valence-corrected chi connectivity index (χ2v) is 7.42. The van der Waals surface area contributed by atoms with Gasteiger partial charge in [-0.15, -0.1) is 11.3 Å². The first-order valence-electron chi connectivity index (χ1n) is 8.03. The molecule has 1 aromatic heterocycles. The normalized spacial score (nSPS) is 26.9. The van der Waals surface area contributed by atoms with Gasteiger partial charge in [0.15, 0.2) is 11.5 Å². The average molecular weight is 336 g/mol. The molecule has 0 unspecified atom stereocenters. The van der Waals surface area contributed by atoms with E-state index in [1.54, 1.807) is 9.80 Å². The Morgan fingerprint density at radius 2 is 2.09 bits per heavy atom. The number of nitrogens with zero attached hydrogens (tertiary/aromatic N) is 2. The van der Waals surface area contributed by atoms with Crippen LogP contribution in [0.25, 0.3) is 0 Å². The largest absolute Gasteiger partial charge is 0.485 e. The van der Waals surface area contributed by atoms with Gasteiger partial charge in [0.2, 0.25) is 5.91 Å². The fraction of sp³-hybridized carbons (Fsp3) is 0.625. The second kappa shape index (κ2) is 5.40. The van der Waals surface area contributed by atoms with Crippen LogP contribution in [-0.4, -0.2) is 61.5 Å². The molecule has 0 N–H and O–H groups in total. The number of thiophene rings is 1.